The molecule has 21 heteroatoms. The van der Waals surface area contributed by atoms with Crippen LogP contribution in [-0.2, 0) is 55.7 Å². The molecule has 1 aromatic heterocycles. The highest BCUT2D eigenvalue weighted by molar-refractivity contribution is 5.75. The van der Waals surface area contributed by atoms with Crippen LogP contribution in [0.1, 0.15) is 25.5 Å². The van der Waals surface area contributed by atoms with E-state index in [2.05, 4.69) is 20.4 Å². The van der Waals surface area contributed by atoms with Crippen LogP contribution in [0.25, 0.3) is 0 Å². The predicted molar refractivity (Wildman–Crippen MR) is 175 cm³/mol. The van der Waals surface area contributed by atoms with Crippen molar-refractivity contribution in [2.45, 2.75) is 57.3 Å². The van der Waals surface area contributed by atoms with Gasteiger partial charge in [0.05, 0.1) is 104 Å². The van der Waals surface area contributed by atoms with Gasteiger partial charge < -0.3 is 58.5 Å². The lowest BCUT2D eigenvalue weighted by atomic mass is 9.93. The molecule has 4 N–H and O–H groups in total. The first-order valence-corrected chi connectivity index (χ1v) is 17.3. The molecule has 0 aliphatic carbocycles. The van der Waals surface area contributed by atoms with Gasteiger partial charge in [0, 0.05) is 37.6 Å². The molecule has 1 amide bonds. The van der Waals surface area contributed by atoms with Crippen LogP contribution in [0.5, 0.6) is 5.75 Å². The summed E-state index contributed by atoms with van der Waals surface area (Å²) < 4.78 is 96.7. The number of esters is 1. The van der Waals surface area contributed by atoms with Gasteiger partial charge in [-0.2, -0.15) is 4.39 Å². The zero-order valence-corrected chi connectivity index (χ0v) is 29.8. The van der Waals surface area contributed by atoms with Gasteiger partial charge in [-0.3, -0.25) is 9.59 Å². The number of nitrogens with zero attached hydrogens (tertiary/aromatic N) is 3. The molecule has 0 unspecified atom stereocenters. The summed E-state index contributed by atoms with van der Waals surface area (Å²) in [6, 6.07) is 0.232. The third-order valence-corrected chi connectivity index (χ3v) is 7.77. The van der Waals surface area contributed by atoms with Crippen LogP contribution in [-0.4, -0.2) is 153 Å². The fourth-order valence-corrected chi connectivity index (χ4v) is 4.65. The number of aliphatic hydroxyl groups excluding tert-OH is 3. The number of halogens is 4. The van der Waals surface area contributed by atoms with Crippen molar-refractivity contribution in [1.82, 2.24) is 20.3 Å². The molecule has 3 rings (SSSR count). The van der Waals surface area contributed by atoms with Crippen LogP contribution in [0.4, 0.5) is 17.6 Å². The van der Waals surface area contributed by atoms with Gasteiger partial charge in [-0.1, -0.05) is 12.1 Å². The molecule has 1 saturated heterocycles. The number of rotatable bonds is 27. The summed E-state index contributed by atoms with van der Waals surface area (Å²) in [5, 5.41) is 40.7. The zero-order chi connectivity index (χ0) is 39.3. The third kappa shape index (κ3) is 16.2. The summed E-state index contributed by atoms with van der Waals surface area (Å²) in [5.74, 6) is -10.6. The monoisotopic (exact) mass is 784 g/mol. The summed E-state index contributed by atoms with van der Waals surface area (Å²) in [5.41, 5.74) is 0.706. The first-order valence-electron chi connectivity index (χ1n) is 17.3. The van der Waals surface area contributed by atoms with Crippen molar-refractivity contribution in [3.8, 4) is 5.75 Å². The van der Waals surface area contributed by atoms with Crippen molar-refractivity contribution in [3.63, 3.8) is 0 Å². The molecule has 0 bridgehead atoms. The lowest BCUT2D eigenvalue weighted by Crippen LogP contribution is -2.54. The summed E-state index contributed by atoms with van der Waals surface area (Å²) in [6.45, 7) is 4.94. The van der Waals surface area contributed by atoms with Crippen molar-refractivity contribution < 1.29 is 80.4 Å². The highest BCUT2D eigenvalue weighted by atomic mass is 19.2. The lowest BCUT2D eigenvalue weighted by Gasteiger charge is -2.39. The summed E-state index contributed by atoms with van der Waals surface area (Å²) in [6.07, 6.45) is -2.27. The molecular formula is C33H48F4N4O13. The molecular weight excluding hydrogens is 736 g/mol. The Hall–Kier alpha value is -3.38. The molecule has 0 saturated carbocycles. The standard InChI is InChI=1S/C33H48F4N4O13/c1-21-31(44)32(45)25(54-33(21)46)20-52-7-2-22-19-41(40-39-22)6-11-50-15-17-51-16-14-49-10-5-38-26(42)3-8-47-12-13-48-9-4-27(43)53-24-18-23(34)28(35)30(37)29(24)36/h18-19,21,25,31-33,44-46H,2-17,20H2,1H3,(H,38,42)/t21-,25-,31-,32+,33-/m1/s1. The molecule has 5 atom stereocenters. The summed E-state index contributed by atoms with van der Waals surface area (Å²) >= 11 is 0. The largest absolute Gasteiger partial charge is 0.423 e. The Morgan fingerprint density at radius 3 is 2.13 bits per heavy atom. The molecule has 1 fully saturated rings. The number of aromatic nitrogens is 3. The second-order valence-corrected chi connectivity index (χ2v) is 11.9. The Balaban J connectivity index is 1.05. The van der Waals surface area contributed by atoms with Crippen LogP contribution in [0.15, 0.2) is 12.3 Å². The molecule has 0 radical (unpaired) electrons. The molecule has 1 aromatic carbocycles. The number of hydrogen-bond donors (Lipinski definition) is 4. The van der Waals surface area contributed by atoms with Gasteiger partial charge in [-0.05, 0) is 0 Å². The van der Waals surface area contributed by atoms with Gasteiger partial charge >= 0.3 is 5.97 Å². The van der Waals surface area contributed by atoms with Crippen molar-refractivity contribution >= 4 is 11.9 Å². The van der Waals surface area contributed by atoms with E-state index in [1.807, 2.05) is 0 Å². The molecule has 1 aliphatic rings. The molecule has 2 heterocycles. The van der Waals surface area contributed by atoms with Crippen LogP contribution in [0.2, 0.25) is 0 Å². The van der Waals surface area contributed by atoms with Crippen LogP contribution >= 0.6 is 0 Å². The van der Waals surface area contributed by atoms with Gasteiger partial charge in [-0.15, -0.1) is 5.10 Å². The Labute approximate surface area is 308 Å². The molecule has 17 nitrogen and oxygen atoms in total. The number of aliphatic hydroxyl groups is 3. The van der Waals surface area contributed by atoms with E-state index in [4.69, 9.17) is 33.2 Å². The maximum absolute atomic E-state index is 13.5. The van der Waals surface area contributed by atoms with E-state index >= 15 is 0 Å². The minimum absolute atomic E-state index is 0.0129. The molecule has 0 spiro atoms. The van der Waals surface area contributed by atoms with Gasteiger partial charge in [-0.25, -0.2) is 17.9 Å². The van der Waals surface area contributed by atoms with E-state index in [-0.39, 0.29) is 71.1 Å². The minimum atomic E-state index is -2.09. The van der Waals surface area contributed by atoms with Gasteiger partial charge in [0.1, 0.15) is 12.2 Å². The predicted octanol–water partition coefficient (Wildman–Crippen LogP) is 0.0537. The summed E-state index contributed by atoms with van der Waals surface area (Å²) in [4.78, 5) is 23.6. The molecule has 1 aliphatic heterocycles. The van der Waals surface area contributed by atoms with Crippen molar-refractivity contribution in [1.29, 1.82) is 0 Å². The van der Waals surface area contributed by atoms with E-state index in [1.54, 1.807) is 17.8 Å². The number of nitrogens with one attached hydrogen (secondary N) is 1. The fourth-order valence-electron chi connectivity index (χ4n) is 4.65. The normalized spacial score (nSPS) is 20.0. The number of ether oxygens (including phenoxy) is 8. The second-order valence-electron chi connectivity index (χ2n) is 11.9. The first-order chi connectivity index (χ1) is 26.0. The van der Waals surface area contributed by atoms with Gasteiger partial charge in [0.2, 0.25) is 17.5 Å². The first kappa shape index (κ1) is 45.0. The maximum Gasteiger partial charge on any atom is 0.313 e. The Morgan fingerprint density at radius 2 is 1.43 bits per heavy atom. The van der Waals surface area contributed by atoms with Crippen LogP contribution in [0.3, 0.4) is 0 Å². The van der Waals surface area contributed by atoms with Crippen molar-refractivity contribution in [2.75, 3.05) is 85.8 Å². The highest BCUT2D eigenvalue weighted by Gasteiger charge is 2.41. The molecule has 54 heavy (non-hydrogen) atoms. The average Bonchev–Trinajstić information content (AvgIpc) is 3.61. The lowest BCUT2D eigenvalue weighted by molar-refractivity contribution is -0.268. The number of carbonyl (C=O) groups is 2. The third-order valence-electron chi connectivity index (χ3n) is 7.77. The minimum Gasteiger partial charge on any atom is -0.423 e. The van der Waals surface area contributed by atoms with E-state index in [9.17, 15) is 42.5 Å². The van der Waals surface area contributed by atoms with E-state index in [0.29, 0.717) is 58.2 Å². The van der Waals surface area contributed by atoms with Crippen LogP contribution in [0, 0.1) is 29.2 Å². The number of carbonyl (C=O) groups excluding carboxylic acids is 2. The van der Waals surface area contributed by atoms with Crippen LogP contribution < -0.4 is 10.1 Å². The highest BCUT2D eigenvalue weighted by Crippen LogP contribution is 2.26. The zero-order valence-electron chi connectivity index (χ0n) is 29.8. The number of hydrogen-bond acceptors (Lipinski definition) is 15. The quantitative estimate of drug-likeness (QED) is 0.0236. The van der Waals surface area contributed by atoms with E-state index in [0.717, 1.165) is 0 Å². The van der Waals surface area contributed by atoms with Crippen molar-refractivity contribution in [3.05, 3.63) is 41.2 Å². The summed E-state index contributed by atoms with van der Waals surface area (Å²) in [7, 11) is 0. The fraction of sp³-hybridized carbons (Fsp3) is 0.697. The van der Waals surface area contributed by atoms with Gasteiger partial charge in [0.15, 0.2) is 23.7 Å². The van der Waals surface area contributed by atoms with Crippen molar-refractivity contribution in [2.24, 2.45) is 5.92 Å². The van der Waals surface area contributed by atoms with E-state index in [1.165, 1.54) is 0 Å². The average molecular weight is 785 g/mol. The molecule has 2 aromatic rings. The second kappa shape index (κ2) is 24.9. The Morgan fingerprint density at radius 1 is 0.796 bits per heavy atom. The number of benzene rings is 1. The van der Waals surface area contributed by atoms with Gasteiger partial charge in [0.25, 0.3) is 0 Å². The Bertz CT molecular complexity index is 1410. The smallest absolute Gasteiger partial charge is 0.313 e. The number of amides is 1. The maximum atomic E-state index is 13.5. The van der Waals surface area contributed by atoms with E-state index < -0.39 is 65.5 Å². The topological polar surface area (TPSA) is 211 Å². The molecule has 306 valence electrons. The SMILES string of the molecule is C[C@@H]1[C@@H](O)[C@@H](O)[C@@H](COCCc2cn(CCOCCOCCOCCNC(=O)CCOCCOCCC(=O)Oc3cc(F)c(F)c(F)c3F)nn2)O[C@H]1O. The Kier molecular flexibility index (Phi) is 20.8.